The standard InChI is InChI=1S/C25H31N5O5S/c1-6-25(3,4)28-23(32)20(17-12-7-14(2)35-17)30(13-15-8-10-16(34-5)11-9-15)24(33)21-18(26)19(22(27)31)29-36-21/h7-12,20H,6,13,26H2,1-5H3,(H2,27,31)(H,28,32). The number of hydrogen-bond donors (Lipinski definition) is 3. The highest BCUT2D eigenvalue weighted by Crippen LogP contribution is 2.32. The number of rotatable bonds is 10. The summed E-state index contributed by atoms with van der Waals surface area (Å²) >= 11 is 0.755. The lowest BCUT2D eigenvalue weighted by Crippen LogP contribution is -2.50. The smallest absolute Gasteiger partial charge is 0.270 e. The third kappa shape index (κ3) is 5.85. The molecule has 0 saturated heterocycles. The fourth-order valence-electron chi connectivity index (χ4n) is 3.48. The third-order valence-electron chi connectivity index (χ3n) is 5.86. The van der Waals surface area contributed by atoms with E-state index >= 15 is 0 Å². The van der Waals surface area contributed by atoms with Gasteiger partial charge in [0, 0.05) is 12.1 Å². The number of hydrogen-bond acceptors (Lipinski definition) is 8. The second-order valence-electron chi connectivity index (χ2n) is 9.00. The first-order chi connectivity index (χ1) is 17.0. The average molecular weight is 514 g/mol. The van der Waals surface area contributed by atoms with E-state index in [0.717, 1.165) is 17.1 Å². The lowest BCUT2D eigenvalue weighted by molar-refractivity contribution is -0.128. The summed E-state index contributed by atoms with van der Waals surface area (Å²) in [6, 6.07) is 9.37. The van der Waals surface area contributed by atoms with Gasteiger partial charge in [-0.05, 0) is 68.6 Å². The number of methoxy groups -OCH3 is 1. The third-order valence-corrected chi connectivity index (χ3v) is 6.72. The molecule has 0 bridgehead atoms. The Labute approximate surface area is 213 Å². The largest absolute Gasteiger partial charge is 0.497 e. The van der Waals surface area contributed by atoms with Crippen LogP contribution in [0.1, 0.15) is 70.5 Å². The summed E-state index contributed by atoms with van der Waals surface area (Å²) in [5.74, 6) is -0.326. The van der Waals surface area contributed by atoms with Crippen LogP contribution in [0.25, 0.3) is 0 Å². The molecule has 11 heteroatoms. The Bertz CT molecular complexity index is 1250. The summed E-state index contributed by atoms with van der Waals surface area (Å²) in [5.41, 5.74) is 11.3. The summed E-state index contributed by atoms with van der Waals surface area (Å²) in [6.45, 7) is 7.54. The summed E-state index contributed by atoms with van der Waals surface area (Å²) < 4.78 is 15.0. The van der Waals surface area contributed by atoms with Crippen molar-refractivity contribution in [3.8, 4) is 5.75 Å². The average Bonchev–Trinajstić information content (AvgIpc) is 3.43. The van der Waals surface area contributed by atoms with Crippen molar-refractivity contribution in [2.24, 2.45) is 5.73 Å². The number of furan rings is 1. The molecular weight excluding hydrogens is 482 g/mol. The van der Waals surface area contributed by atoms with Crippen molar-refractivity contribution in [3.63, 3.8) is 0 Å². The Morgan fingerprint density at radius 2 is 1.86 bits per heavy atom. The van der Waals surface area contributed by atoms with E-state index in [0.29, 0.717) is 17.9 Å². The second-order valence-corrected chi connectivity index (χ2v) is 9.77. The number of anilines is 1. The van der Waals surface area contributed by atoms with Crippen molar-refractivity contribution in [3.05, 3.63) is 64.1 Å². The van der Waals surface area contributed by atoms with Crippen LogP contribution in [0.5, 0.6) is 5.75 Å². The molecule has 3 rings (SSSR count). The number of aryl methyl sites for hydroxylation is 1. The SMILES string of the molecule is CCC(C)(C)NC(=O)C(c1ccc(C)o1)N(Cc1ccc(OC)cc1)C(=O)c1snc(C(N)=O)c1N. The highest BCUT2D eigenvalue weighted by Gasteiger charge is 2.38. The van der Waals surface area contributed by atoms with E-state index in [1.54, 1.807) is 50.4 Å². The zero-order chi connectivity index (χ0) is 26.6. The number of primary amides is 1. The minimum atomic E-state index is -1.13. The molecule has 0 aliphatic heterocycles. The Morgan fingerprint density at radius 3 is 2.36 bits per heavy atom. The zero-order valence-electron chi connectivity index (χ0n) is 21.0. The van der Waals surface area contributed by atoms with Gasteiger partial charge in [0.15, 0.2) is 11.7 Å². The van der Waals surface area contributed by atoms with E-state index in [9.17, 15) is 14.4 Å². The molecule has 0 aliphatic carbocycles. The maximum absolute atomic E-state index is 13.9. The molecule has 1 aromatic carbocycles. The molecule has 192 valence electrons. The van der Waals surface area contributed by atoms with E-state index < -0.39 is 29.3 Å². The highest BCUT2D eigenvalue weighted by atomic mass is 32.1. The predicted molar refractivity (Wildman–Crippen MR) is 137 cm³/mol. The fraction of sp³-hybridized carbons (Fsp3) is 0.360. The molecule has 2 heterocycles. The summed E-state index contributed by atoms with van der Waals surface area (Å²) in [6.07, 6.45) is 0.666. The van der Waals surface area contributed by atoms with Gasteiger partial charge < -0.3 is 30.8 Å². The molecule has 1 unspecified atom stereocenters. The fourth-order valence-corrected chi connectivity index (χ4v) is 4.24. The molecule has 0 radical (unpaired) electrons. The van der Waals surface area contributed by atoms with E-state index in [1.807, 2.05) is 20.8 Å². The maximum Gasteiger partial charge on any atom is 0.270 e. The summed E-state index contributed by atoms with van der Waals surface area (Å²) in [7, 11) is 1.56. The Balaban J connectivity index is 2.13. The number of carbonyl (C=O) groups excluding carboxylic acids is 3. The number of nitrogens with zero attached hydrogens (tertiary/aromatic N) is 2. The first kappa shape index (κ1) is 26.7. The molecule has 3 amide bonds. The molecule has 2 aromatic heterocycles. The number of amides is 3. The molecule has 1 atom stereocenters. The van der Waals surface area contributed by atoms with Crippen LogP contribution in [-0.2, 0) is 11.3 Å². The van der Waals surface area contributed by atoms with Crippen LogP contribution in [0, 0.1) is 6.92 Å². The van der Waals surface area contributed by atoms with Gasteiger partial charge in [0.25, 0.3) is 17.7 Å². The number of nitrogens with two attached hydrogens (primary N) is 2. The van der Waals surface area contributed by atoms with Gasteiger partial charge in [-0.1, -0.05) is 19.1 Å². The Morgan fingerprint density at radius 1 is 1.19 bits per heavy atom. The zero-order valence-corrected chi connectivity index (χ0v) is 21.8. The Hall–Kier alpha value is -3.86. The van der Waals surface area contributed by atoms with Crippen molar-refractivity contribution >= 4 is 34.9 Å². The lowest BCUT2D eigenvalue weighted by atomic mass is 10.0. The number of aromatic nitrogens is 1. The number of carbonyl (C=O) groups is 3. The van der Waals surface area contributed by atoms with Crippen molar-refractivity contribution < 1.29 is 23.5 Å². The van der Waals surface area contributed by atoms with Gasteiger partial charge in [0.2, 0.25) is 0 Å². The van der Waals surface area contributed by atoms with Crippen LogP contribution in [0.4, 0.5) is 5.69 Å². The molecule has 36 heavy (non-hydrogen) atoms. The Kier molecular flexibility index (Phi) is 8.03. The van der Waals surface area contributed by atoms with Gasteiger partial charge in [-0.15, -0.1) is 0 Å². The summed E-state index contributed by atoms with van der Waals surface area (Å²) in [5, 5.41) is 3.01. The van der Waals surface area contributed by atoms with Gasteiger partial charge in [-0.2, -0.15) is 4.37 Å². The maximum atomic E-state index is 13.9. The normalized spacial score (nSPS) is 12.1. The van der Waals surface area contributed by atoms with Crippen molar-refractivity contribution in [1.82, 2.24) is 14.6 Å². The first-order valence-electron chi connectivity index (χ1n) is 11.3. The van der Waals surface area contributed by atoms with Gasteiger partial charge in [0.1, 0.15) is 22.1 Å². The van der Waals surface area contributed by atoms with Crippen LogP contribution < -0.4 is 21.5 Å². The van der Waals surface area contributed by atoms with Crippen molar-refractivity contribution in [2.75, 3.05) is 12.8 Å². The van der Waals surface area contributed by atoms with Crippen LogP contribution >= 0.6 is 11.5 Å². The van der Waals surface area contributed by atoms with E-state index in [2.05, 4.69) is 9.69 Å². The molecule has 0 aliphatic rings. The monoisotopic (exact) mass is 513 g/mol. The van der Waals surface area contributed by atoms with Gasteiger partial charge >= 0.3 is 0 Å². The lowest BCUT2D eigenvalue weighted by Gasteiger charge is -2.33. The second kappa shape index (κ2) is 10.8. The molecule has 3 aromatic rings. The number of nitrogens with one attached hydrogen (secondary N) is 1. The van der Waals surface area contributed by atoms with E-state index in [-0.39, 0.29) is 28.6 Å². The quantitative estimate of drug-likeness (QED) is 0.375. The minimum absolute atomic E-state index is 0.00754. The van der Waals surface area contributed by atoms with Crippen LogP contribution in [0.15, 0.2) is 40.8 Å². The van der Waals surface area contributed by atoms with Crippen molar-refractivity contribution in [2.45, 2.75) is 52.2 Å². The van der Waals surface area contributed by atoms with Crippen LogP contribution in [0.2, 0.25) is 0 Å². The topological polar surface area (TPSA) is 154 Å². The molecule has 0 spiro atoms. The number of nitrogen functional groups attached to an aromatic ring is 1. The minimum Gasteiger partial charge on any atom is -0.497 e. The van der Waals surface area contributed by atoms with E-state index in [4.69, 9.17) is 20.6 Å². The molecule has 0 fully saturated rings. The van der Waals surface area contributed by atoms with Gasteiger partial charge in [-0.3, -0.25) is 14.4 Å². The van der Waals surface area contributed by atoms with Crippen molar-refractivity contribution in [1.29, 1.82) is 0 Å². The highest BCUT2D eigenvalue weighted by molar-refractivity contribution is 7.09. The predicted octanol–water partition coefficient (Wildman–Crippen LogP) is 3.42. The van der Waals surface area contributed by atoms with E-state index in [1.165, 1.54) is 4.90 Å². The molecule has 0 saturated carbocycles. The van der Waals surface area contributed by atoms with Gasteiger partial charge in [-0.25, -0.2) is 0 Å². The molecular formula is C25H31N5O5S. The number of benzene rings is 1. The van der Waals surface area contributed by atoms with Crippen LogP contribution in [0.3, 0.4) is 0 Å². The molecule has 5 N–H and O–H groups in total. The first-order valence-corrected chi connectivity index (χ1v) is 12.1. The summed E-state index contributed by atoms with van der Waals surface area (Å²) in [4.78, 5) is 40.7. The van der Waals surface area contributed by atoms with Gasteiger partial charge in [0.05, 0.1) is 12.8 Å². The van der Waals surface area contributed by atoms with Crippen LogP contribution in [-0.4, -0.2) is 39.6 Å². The molecule has 10 nitrogen and oxygen atoms in total. The number of ether oxygens (including phenoxy) is 1.